The fourth-order valence-corrected chi connectivity index (χ4v) is 3.39. The normalized spacial score (nSPS) is 28.3. The zero-order valence-corrected chi connectivity index (χ0v) is 13.2. The second-order valence-electron chi connectivity index (χ2n) is 6.17. The van der Waals surface area contributed by atoms with Crippen molar-refractivity contribution in [2.45, 2.75) is 37.4 Å². The molecule has 1 aromatic carbocycles. The molecule has 1 aromatic rings. The number of nitrogens with one attached hydrogen (secondary N) is 3. The Bertz CT molecular complexity index is 667. The summed E-state index contributed by atoms with van der Waals surface area (Å²) >= 11 is 0. The maximum atomic E-state index is 12.3. The first-order chi connectivity index (χ1) is 11.6. The van der Waals surface area contributed by atoms with Gasteiger partial charge in [-0.15, -0.1) is 0 Å². The van der Waals surface area contributed by atoms with E-state index in [0.717, 1.165) is 5.56 Å². The molecule has 1 heterocycles. The van der Waals surface area contributed by atoms with E-state index in [1.165, 1.54) is 0 Å². The third-order valence-corrected chi connectivity index (χ3v) is 4.66. The molecule has 4 atom stereocenters. The molecule has 1 amide bonds. The first-order valence-corrected chi connectivity index (χ1v) is 8.11. The lowest BCUT2D eigenvalue weighted by molar-refractivity contribution is -0.528. The molecule has 1 aliphatic carbocycles. The van der Waals surface area contributed by atoms with Gasteiger partial charge in [0.05, 0.1) is 6.54 Å². The summed E-state index contributed by atoms with van der Waals surface area (Å²) in [5.74, 6) is 5.67. The van der Waals surface area contributed by atoms with Gasteiger partial charge in [0.15, 0.2) is 0 Å². The van der Waals surface area contributed by atoms with Crippen LogP contribution in [0.25, 0.3) is 0 Å². The molecule has 0 spiro atoms. The Kier molecular flexibility index (Phi) is 5.08. The van der Waals surface area contributed by atoms with Gasteiger partial charge in [0.1, 0.15) is 6.04 Å². The summed E-state index contributed by atoms with van der Waals surface area (Å²) in [5.41, 5.74) is 6.98. The number of carbonyl (C=O) groups is 1. The van der Waals surface area contributed by atoms with E-state index in [0.29, 0.717) is 19.3 Å². The van der Waals surface area contributed by atoms with Crippen LogP contribution < -0.4 is 16.2 Å². The highest BCUT2D eigenvalue weighted by molar-refractivity contribution is 5.82. The van der Waals surface area contributed by atoms with Gasteiger partial charge in [-0.25, -0.2) is 5.43 Å². The van der Waals surface area contributed by atoms with Gasteiger partial charge in [-0.1, -0.05) is 30.0 Å². The third-order valence-electron chi connectivity index (χ3n) is 4.66. The first kappa shape index (κ1) is 16.4. The summed E-state index contributed by atoms with van der Waals surface area (Å²) in [4.78, 5) is 23.1. The van der Waals surface area contributed by atoms with E-state index in [1.54, 1.807) is 0 Å². The largest absolute Gasteiger partial charge is 0.344 e. The van der Waals surface area contributed by atoms with Gasteiger partial charge in [0.25, 0.3) is 0 Å². The minimum Gasteiger partial charge on any atom is -0.344 e. The molecule has 126 valence electrons. The Balaban J connectivity index is 1.53. The van der Waals surface area contributed by atoms with Crippen LogP contribution in [-0.4, -0.2) is 35.5 Å². The molecule has 2 fully saturated rings. The van der Waals surface area contributed by atoms with Crippen LogP contribution in [0.15, 0.2) is 30.3 Å². The van der Waals surface area contributed by atoms with E-state index in [4.69, 9.17) is 0 Å². The summed E-state index contributed by atoms with van der Waals surface area (Å²) in [6, 6.07) is 8.66. The lowest BCUT2D eigenvalue weighted by Gasteiger charge is -2.28. The van der Waals surface area contributed by atoms with E-state index in [2.05, 4.69) is 28.0 Å². The van der Waals surface area contributed by atoms with Crippen molar-refractivity contribution in [1.29, 1.82) is 0 Å². The smallest absolute Gasteiger partial charge is 0.239 e. The van der Waals surface area contributed by atoms with Crippen molar-refractivity contribution in [3.63, 3.8) is 0 Å². The Morgan fingerprint density at radius 1 is 1.29 bits per heavy atom. The number of hydrogen-bond donors (Lipinski definition) is 3. The summed E-state index contributed by atoms with van der Waals surface area (Å²) in [6.45, 7) is 0.252. The number of hydrogen-bond acceptors (Lipinski definition) is 5. The van der Waals surface area contributed by atoms with Crippen molar-refractivity contribution < 1.29 is 9.72 Å². The molecule has 1 aliphatic heterocycles. The lowest BCUT2D eigenvalue weighted by atomic mass is 9.79. The number of amides is 1. The molecule has 0 aromatic heterocycles. The van der Waals surface area contributed by atoms with E-state index in [1.807, 2.05) is 30.3 Å². The van der Waals surface area contributed by atoms with Gasteiger partial charge >= 0.3 is 0 Å². The highest BCUT2D eigenvalue weighted by atomic mass is 16.6. The average Bonchev–Trinajstić information content (AvgIpc) is 3.02. The van der Waals surface area contributed by atoms with E-state index in [-0.39, 0.29) is 29.3 Å². The van der Waals surface area contributed by atoms with Crippen LogP contribution in [-0.2, 0) is 4.79 Å². The highest BCUT2D eigenvalue weighted by Crippen LogP contribution is 2.31. The average molecular weight is 328 g/mol. The molecule has 1 saturated heterocycles. The minimum absolute atomic E-state index is 0.0590. The first-order valence-electron chi connectivity index (χ1n) is 8.11. The zero-order chi connectivity index (χ0) is 16.9. The quantitative estimate of drug-likeness (QED) is 0.425. The molecule has 7 heteroatoms. The molecule has 2 aliphatic rings. The monoisotopic (exact) mass is 328 g/mol. The number of hydrazine groups is 1. The van der Waals surface area contributed by atoms with Gasteiger partial charge in [-0.3, -0.25) is 20.3 Å². The van der Waals surface area contributed by atoms with Crippen LogP contribution in [0.2, 0.25) is 0 Å². The van der Waals surface area contributed by atoms with Crippen molar-refractivity contribution >= 4 is 5.91 Å². The fraction of sp³-hybridized carbons (Fsp3) is 0.471. The Morgan fingerprint density at radius 3 is 2.83 bits per heavy atom. The number of rotatable bonds is 3. The van der Waals surface area contributed by atoms with Crippen LogP contribution >= 0.6 is 0 Å². The van der Waals surface area contributed by atoms with Crippen LogP contribution in [0.3, 0.4) is 0 Å². The number of fused-ring (bicyclic) bond motifs is 1. The van der Waals surface area contributed by atoms with Crippen molar-refractivity contribution in [2.24, 2.45) is 5.92 Å². The predicted molar refractivity (Wildman–Crippen MR) is 88.3 cm³/mol. The Morgan fingerprint density at radius 2 is 2.08 bits per heavy atom. The summed E-state index contributed by atoms with van der Waals surface area (Å²) in [7, 11) is 0. The summed E-state index contributed by atoms with van der Waals surface area (Å²) in [6.07, 6.45) is 1.69. The molecular formula is C17H20N4O3. The summed E-state index contributed by atoms with van der Waals surface area (Å²) in [5, 5.41) is 13.8. The standard InChI is InChI=1S/C17H20N4O3/c22-17(18-10-4-7-12-5-2-1-3-6-12)16-14-11-13(21(23)24)8-9-15(14)19-20-16/h1-3,5-6,13-16,19-20H,8-11H2,(H,18,22). The second-order valence-corrected chi connectivity index (χ2v) is 6.17. The third kappa shape index (κ3) is 3.72. The molecule has 7 nitrogen and oxygen atoms in total. The van der Waals surface area contributed by atoms with Crippen molar-refractivity contribution in [3.05, 3.63) is 46.0 Å². The van der Waals surface area contributed by atoms with E-state index in [9.17, 15) is 14.9 Å². The second kappa shape index (κ2) is 7.43. The molecule has 4 unspecified atom stereocenters. The zero-order valence-electron chi connectivity index (χ0n) is 13.2. The van der Waals surface area contributed by atoms with Crippen LogP contribution in [0.4, 0.5) is 0 Å². The lowest BCUT2D eigenvalue weighted by Crippen LogP contribution is -2.47. The molecule has 1 saturated carbocycles. The topological polar surface area (TPSA) is 96.3 Å². The van der Waals surface area contributed by atoms with Gasteiger partial charge in [-0.2, -0.15) is 0 Å². The SMILES string of the molecule is O=C(NCC#Cc1ccccc1)C1NNC2CCC([N+](=O)[O-])CC21. The van der Waals surface area contributed by atoms with Gasteiger partial charge in [-0.05, 0) is 18.6 Å². The van der Waals surface area contributed by atoms with Gasteiger partial charge in [0, 0.05) is 35.3 Å². The maximum Gasteiger partial charge on any atom is 0.239 e. The van der Waals surface area contributed by atoms with Crippen LogP contribution in [0.5, 0.6) is 0 Å². The minimum atomic E-state index is -0.555. The Labute approximate surface area is 140 Å². The van der Waals surface area contributed by atoms with Crippen molar-refractivity contribution in [3.8, 4) is 11.8 Å². The molecule has 3 N–H and O–H groups in total. The van der Waals surface area contributed by atoms with E-state index >= 15 is 0 Å². The number of nitro groups is 1. The van der Waals surface area contributed by atoms with Crippen molar-refractivity contribution in [1.82, 2.24) is 16.2 Å². The molecule has 3 rings (SSSR count). The predicted octanol–water partition coefficient (Wildman–Crippen LogP) is 0.445. The maximum absolute atomic E-state index is 12.3. The molecule has 0 radical (unpaired) electrons. The molecular weight excluding hydrogens is 308 g/mol. The Hall–Kier alpha value is -2.43. The fourth-order valence-electron chi connectivity index (χ4n) is 3.39. The summed E-state index contributed by atoms with van der Waals surface area (Å²) < 4.78 is 0. The molecule has 24 heavy (non-hydrogen) atoms. The van der Waals surface area contributed by atoms with Crippen LogP contribution in [0, 0.1) is 27.9 Å². The van der Waals surface area contributed by atoms with Gasteiger partial charge < -0.3 is 5.32 Å². The molecule has 0 bridgehead atoms. The van der Waals surface area contributed by atoms with Gasteiger partial charge in [0.2, 0.25) is 11.9 Å². The van der Waals surface area contributed by atoms with E-state index < -0.39 is 12.1 Å². The highest BCUT2D eigenvalue weighted by Gasteiger charge is 2.46. The number of carbonyl (C=O) groups excluding carboxylic acids is 1. The van der Waals surface area contributed by atoms with Crippen molar-refractivity contribution in [2.75, 3.05) is 6.54 Å². The van der Waals surface area contributed by atoms with Crippen LogP contribution in [0.1, 0.15) is 24.8 Å². The number of benzene rings is 1. The number of nitrogens with zero attached hydrogens (tertiary/aromatic N) is 1.